The van der Waals surface area contributed by atoms with Crippen LogP contribution in [0.5, 0.6) is 0 Å². The Kier molecular flexibility index (Phi) is 15.3. The second kappa shape index (κ2) is 21.6. The third-order valence-electron chi connectivity index (χ3n) is 13.6. The molecule has 4 unspecified atom stereocenters. The lowest BCUT2D eigenvalue weighted by molar-refractivity contribution is -0.104. The van der Waals surface area contributed by atoms with Crippen LogP contribution in [0.1, 0.15) is 134 Å². The molecular formula is C54H53Cl2F2N7O5S. The highest BCUT2D eigenvalue weighted by atomic mass is 35.5. The Morgan fingerprint density at radius 2 is 1.14 bits per heavy atom. The molecule has 0 N–H and O–H groups in total. The molecule has 9 heterocycles. The zero-order chi connectivity index (χ0) is 49.8. The average Bonchev–Trinajstić information content (AvgIpc) is 3.87. The number of hydrogen-bond donors (Lipinski definition) is 0. The lowest BCUT2D eigenvalue weighted by Gasteiger charge is -2.41. The van der Waals surface area contributed by atoms with E-state index in [1.54, 1.807) is 49.6 Å². The number of aromatic nitrogens is 6. The van der Waals surface area contributed by atoms with E-state index in [0.717, 1.165) is 90.1 Å². The van der Waals surface area contributed by atoms with E-state index in [4.69, 9.17) is 41.8 Å². The van der Waals surface area contributed by atoms with Gasteiger partial charge in [0.15, 0.2) is 0 Å². The third kappa shape index (κ3) is 11.2. The topological polar surface area (TPSA) is 142 Å². The fourth-order valence-electron chi connectivity index (χ4n) is 9.83. The zero-order valence-corrected chi connectivity index (χ0v) is 41.8. The van der Waals surface area contributed by atoms with Gasteiger partial charge < -0.3 is 9.47 Å². The van der Waals surface area contributed by atoms with E-state index < -0.39 is 27.6 Å². The maximum absolute atomic E-state index is 13.2. The van der Waals surface area contributed by atoms with Crippen molar-refractivity contribution in [1.29, 1.82) is 0 Å². The first-order valence-corrected chi connectivity index (χ1v) is 25.9. The van der Waals surface area contributed by atoms with Crippen LogP contribution in [0.15, 0.2) is 139 Å². The minimum atomic E-state index is -3.87. The molecule has 4 aliphatic rings. The Balaban J connectivity index is 0.000000136. The summed E-state index contributed by atoms with van der Waals surface area (Å²) in [6, 6.07) is 27.7. The van der Waals surface area contributed by atoms with Gasteiger partial charge in [0.05, 0.1) is 51.5 Å². The Labute approximate surface area is 423 Å². The molecule has 4 atom stereocenters. The number of likely N-dealkylation sites (tertiary alicyclic amines) is 1. The van der Waals surface area contributed by atoms with E-state index in [-0.39, 0.29) is 34.6 Å². The predicted molar refractivity (Wildman–Crippen MR) is 265 cm³/mol. The van der Waals surface area contributed by atoms with E-state index >= 15 is 0 Å². The highest BCUT2D eigenvalue weighted by molar-refractivity contribution is 7.86. The molecule has 2 fully saturated rings. The molecule has 0 amide bonds. The van der Waals surface area contributed by atoms with Gasteiger partial charge in [-0.25, -0.2) is 8.78 Å². The second-order valence-electron chi connectivity index (χ2n) is 18.2. The van der Waals surface area contributed by atoms with Gasteiger partial charge in [-0.15, -0.1) is 0 Å². The van der Waals surface area contributed by atoms with Crippen molar-refractivity contribution in [1.82, 2.24) is 34.8 Å². The summed E-state index contributed by atoms with van der Waals surface area (Å²) >= 11 is 12.3. The van der Waals surface area contributed by atoms with Crippen LogP contribution >= 0.6 is 23.2 Å². The molecule has 1 aromatic carbocycles. The maximum Gasteiger partial charge on any atom is 0.297 e. The lowest BCUT2D eigenvalue weighted by atomic mass is 9.82. The molecule has 12 nitrogen and oxygen atoms in total. The number of halogens is 4. The van der Waals surface area contributed by atoms with E-state index in [1.165, 1.54) is 55.8 Å². The normalized spacial score (nSPS) is 19.6. The number of hydrogen-bond acceptors (Lipinski definition) is 12. The molecule has 1 saturated heterocycles. The van der Waals surface area contributed by atoms with Crippen molar-refractivity contribution in [2.45, 2.75) is 106 Å². The Hall–Kier alpha value is -5.65. The molecule has 17 heteroatoms. The van der Waals surface area contributed by atoms with Crippen LogP contribution in [-0.4, -0.2) is 56.3 Å². The molecule has 6 aromatic heterocycles. The number of piperidine rings is 1. The summed E-state index contributed by atoms with van der Waals surface area (Å²) in [6.45, 7) is 7.20. The number of pyridine rings is 6. The van der Waals surface area contributed by atoms with Crippen LogP contribution in [0.2, 0.25) is 10.0 Å². The zero-order valence-electron chi connectivity index (χ0n) is 39.5. The van der Waals surface area contributed by atoms with Crippen molar-refractivity contribution in [3.63, 3.8) is 0 Å². The van der Waals surface area contributed by atoms with Crippen LogP contribution in [-0.2, 0) is 35.0 Å². The Morgan fingerprint density at radius 3 is 1.63 bits per heavy atom. The molecule has 2 spiro atoms. The second-order valence-corrected chi connectivity index (χ2v) is 20.7. The Bertz CT molecular complexity index is 3050. The van der Waals surface area contributed by atoms with Gasteiger partial charge in [-0.05, 0) is 119 Å². The van der Waals surface area contributed by atoms with Gasteiger partial charge in [-0.2, -0.15) is 8.42 Å². The minimum absolute atomic E-state index is 0.0806. The molecule has 71 heavy (non-hydrogen) atoms. The number of benzene rings is 1. The van der Waals surface area contributed by atoms with Gasteiger partial charge in [-0.3, -0.25) is 39.0 Å². The molecule has 368 valence electrons. The summed E-state index contributed by atoms with van der Waals surface area (Å²) in [4.78, 5) is 28.8. The van der Waals surface area contributed by atoms with Crippen LogP contribution < -0.4 is 0 Å². The Morgan fingerprint density at radius 1 is 0.634 bits per heavy atom. The summed E-state index contributed by atoms with van der Waals surface area (Å²) in [5.41, 5.74) is 7.53. The number of aryl methyl sites for hydroxylation is 1. The summed E-state index contributed by atoms with van der Waals surface area (Å²) < 4.78 is 68.4. The molecule has 7 aromatic rings. The van der Waals surface area contributed by atoms with Gasteiger partial charge in [-0.1, -0.05) is 72.3 Å². The predicted octanol–water partition coefficient (Wildman–Crippen LogP) is 12.2. The summed E-state index contributed by atoms with van der Waals surface area (Å²) in [5, 5.41) is 1.34. The van der Waals surface area contributed by atoms with Crippen LogP contribution in [0.3, 0.4) is 0 Å². The standard InChI is InChI=1S/C23H22ClFN4O.C17H17ClN2O.C14H14FNO3S/c1-15(19-5-4-17(25)14-28-19)29-11-7-23(8-12-29)22-18(3-2-9-27-22)21(30-23)20-13-16(24)6-10-26-20;18-12-6-10-19-14(11-12)15-13-5-4-9-20-16(13)17(21-15)7-2-1-3-8-17;1-10-3-6-13(7-4-10)20(17,18)19-11(2)14-8-5-12(15)9-16-14/h2-6,9-10,13-15,21H,7-8,11-12H2,1H3;4-6,9-11,15H,1-3,7-8H2;3-9,11H,1-2H3. The minimum Gasteiger partial charge on any atom is -0.354 e. The smallest absolute Gasteiger partial charge is 0.297 e. The monoisotopic (exact) mass is 1020 g/mol. The summed E-state index contributed by atoms with van der Waals surface area (Å²) in [6.07, 6.45) is 15.7. The van der Waals surface area contributed by atoms with E-state index in [1.807, 2.05) is 43.6 Å². The lowest BCUT2D eigenvalue weighted by Crippen LogP contribution is -2.44. The highest BCUT2D eigenvalue weighted by Crippen LogP contribution is 2.53. The van der Waals surface area contributed by atoms with Crippen molar-refractivity contribution in [2.24, 2.45) is 0 Å². The van der Waals surface area contributed by atoms with Crippen molar-refractivity contribution >= 4 is 33.3 Å². The molecule has 1 aliphatic carbocycles. The van der Waals surface area contributed by atoms with Crippen LogP contribution in [0.4, 0.5) is 8.78 Å². The van der Waals surface area contributed by atoms with E-state index in [2.05, 4.69) is 48.9 Å². The van der Waals surface area contributed by atoms with Crippen molar-refractivity contribution < 1.29 is 30.9 Å². The van der Waals surface area contributed by atoms with Crippen molar-refractivity contribution in [2.75, 3.05) is 13.1 Å². The third-order valence-corrected chi connectivity index (χ3v) is 15.4. The van der Waals surface area contributed by atoms with Gasteiger partial charge in [0, 0.05) is 65.1 Å². The van der Waals surface area contributed by atoms with Gasteiger partial charge in [0.2, 0.25) is 0 Å². The first-order chi connectivity index (χ1) is 34.2. The van der Waals surface area contributed by atoms with Crippen molar-refractivity contribution in [3.05, 3.63) is 207 Å². The van der Waals surface area contributed by atoms with E-state index in [0.29, 0.717) is 15.7 Å². The quantitative estimate of drug-likeness (QED) is 0.134. The fraction of sp³-hybridized carbons (Fsp3) is 0.333. The number of ether oxygens (including phenoxy) is 2. The molecule has 11 rings (SSSR count). The largest absolute Gasteiger partial charge is 0.354 e. The van der Waals surface area contributed by atoms with Crippen LogP contribution in [0.25, 0.3) is 0 Å². The molecule has 1 saturated carbocycles. The first kappa shape index (κ1) is 50.3. The maximum atomic E-state index is 13.2. The van der Waals surface area contributed by atoms with Gasteiger partial charge in [0.1, 0.15) is 41.1 Å². The highest BCUT2D eigenvalue weighted by Gasteiger charge is 2.50. The number of nitrogens with zero attached hydrogens (tertiary/aromatic N) is 7. The molecular weight excluding hydrogens is 968 g/mol. The summed E-state index contributed by atoms with van der Waals surface area (Å²) in [7, 11) is -3.87. The van der Waals surface area contributed by atoms with Gasteiger partial charge >= 0.3 is 0 Å². The number of rotatable bonds is 8. The SMILES string of the molecule is CC(c1ccc(F)cn1)N1CCC2(CC1)OC(c1cc(Cl)ccn1)c1cccnc12.Cc1ccc(S(=O)(=O)OC(C)c2ccc(F)cn2)cc1.Clc1ccnc(C2OC3(CCCCC3)c3ncccc32)c1. The molecule has 0 radical (unpaired) electrons. The van der Waals surface area contributed by atoms with E-state index in [9.17, 15) is 17.2 Å². The first-order valence-electron chi connectivity index (χ1n) is 23.7. The van der Waals surface area contributed by atoms with Crippen LogP contribution in [0, 0.1) is 18.6 Å². The number of fused-ring (bicyclic) bond motifs is 4. The van der Waals surface area contributed by atoms with Crippen molar-refractivity contribution in [3.8, 4) is 0 Å². The average molecular weight is 1020 g/mol. The summed E-state index contributed by atoms with van der Waals surface area (Å²) in [5.74, 6) is -0.798. The fourth-order valence-corrected chi connectivity index (χ4v) is 11.2. The molecule has 0 bridgehead atoms. The van der Waals surface area contributed by atoms with Gasteiger partial charge in [0.25, 0.3) is 10.1 Å². The molecule has 3 aliphatic heterocycles.